The van der Waals surface area contributed by atoms with Gasteiger partial charge in [0, 0.05) is 88.5 Å². The maximum absolute atomic E-state index is 15.1. The number of aromatic hydroxyl groups is 1. The van der Waals surface area contributed by atoms with Crippen molar-refractivity contribution in [2.75, 3.05) is 26.2 Å². The number of phenols is 1. The molecule has 6 aromatic rings. The number of hydrogen-bond acceptors (Lipinski definition) is 16. The van der Waals surface area contributed by atoms with Crippen LogP contribution in [0.5, 0.6) is 5.75 Å². The number of unbranched alkanes of at least 4 members (excludes halogenated alkanes) is 1. The summed E-state index contributed by atoms with van der Waals surface area (Å²) in [6.45, 7) is 8.16. The standard InChI is InChI=1S/C76H97ClN16O13/c1-6-7-32-82-76(79)83-33-12-18-57(75(106)93-34-13-19-65(93)74(105)84-46(4)66(78)97)86-67(98)58(35-45(2)3)87-71(102)62(40-51-14-10-30-80-42-51)89-70(101)61(38-49-23-28-56(96)29-24-49)91-73(104)64(44-94)92-72(103)63(41-52-15-11-31-81-43-52)90-69(100)60(37-48-21-26-55(77)27-22-48)88-68(99)59(85-47(5)95)39-50-20-25-53-16-8-9-17-54(53)36-50/h8-11,14-17,20-31,36,42-43,45-46,57-65,94,96H,6-7,12-13,18-19,32-35,37-41,44H2,1-5H3,(H2,78,97)(H,84,105)(H,85,95)(H,86,98)(H,87,102)(H,88,99)(H,89,101)(H,90,100)(H,91,104)(H,92,103)(H3,79,82,83)/t46-,57+,58+,59-,60-,61+,62-,63-,64+,65+/m1/s1. The number of likely N-dealkylation sites (tertiary alicyclic amines) is 1. The molecule has 1 saturated heterocycles. The molecule has 30 heteroatoms. The highest BCUT2D eigenvalue weighted by molar-refractivity contribution is 6.30. The number of aliphatic hydroxyl groups is 1. The normalized spacial score (nSPS) is 15.1. The van der Waals surface area contributed by atoms with Crippen LogP contribution in [0.3, 0.4) is 0 Å². The third-order valence-electron chi connectivity index (χ3n) is 17.7. The van der Waals surface area contributed by atoms with Gasteiger partial charge < -0.3 is 79.3 Å². The lowest BCUT2D eigenvalue weighted by atomic mass is 9.99. The fourth-order valence-electron chi connectivity index (χ4n) is 12.0. The molecule has 566 valence electrons. The molecule has 2 aromatic heterocycles. The molecular weight excluding hydrogens is 1380 g/mol. The van der Waals surface area contributed by atoms with Crippen LogP contribution in [0.25, 0.3) is 10.8 Å². The number of pyridine rings is 2. The van der Waals surface area contributed by atoms with E-state index in [9.17, 15) is 53.4 Å². The quantitative estimate of drug-likeness (QED) is 0.0149. The molecule has 7 rings (SSSR count). The van der Waals surface area contributed by atoms with Crippen LogP contribution in [0.2, 0.25) is 5.02 Å². The maximum Gasteiger partial charge on any atom is 0.245 e. The summed E-state index contributed by atoms with van der Waals surface area (Å²) in [4.78, 5) is 166. The van der Waals surface area contributed by atoms with Crippen LogP contribution in [0.1, 0.15) is 107 Å². The Morgan fingerprint density at radius 2 is 1.00 bits per heavy atom. The van der Waals surface area contributed by atoms with Gasteiger partial charge in [0.1, 0.15) is 66.2 Å². The van der Waals surface area contributed by atoms with Gasteiger partial charge in [-0.25, -0.2) is 0 Å². The number of carbonyl (C=O) groups is 11. The first-order valence-corrected chi connectivity index (χ1v) is 35.9. The van der Waals surface area contributed by atoms with E-state index in [1.165, 1.54) is 67.8 Å². The molecule has 0 radical (unpaired) electrons. The van der Waals surface area contributed by atoms with Crippen molar-refractivity contribution < 1.29 is 63.0 Å². The Kier molecular flexibility index (Phi) is 32.1. The summed E-state index contributed by atoms with van der Waals surface area (Å²) >= 11 is 6.25. The molecule has 11 amide bonds. The Labute approximate surface area is 620 Å². The summed E-state index contributed by atoms with van der Waals surface area (Å²) in [5.41, 5.74) is 7.99. The molecule has 4 aromatic carbocycles. The number of nitrogens with one attached hydrogen (secondary N) is 12. The Morgan fingerprint density at radius 3 is 1.50 bits per heavy atom. The zero-order valence-electron chi connectivity index (χ0n) is 60.1. The van der Waals surface area contributed by atoms with E-state index < -0.39 is 132 Å². The molecule has 1 aliphatic rings. The number of primary amides is 1. The van der Waals surface area contributed by atoms with E-state index in [-0.39, 0.29) is 88.5 Å². The number of amides is 11. The first kappa shape index (κ1) is 82.2. The van der Waals surface area contributed by atoms with Crippen molar-refractivity contribution in [3.8, 4) is 5.75 Å². The van der Waals surface area contributed by atoms with Crippen LogP contribution >= 0.6 is 11.6 Å². The molecule has 0 aliphatic carbocycles. The van der Waals surface area contributed by atoms with Gasteiger partial charge in [0.2, 0.25) is 65.0 Å². The van der Waals surface area contributed by atoms with Gasteiger partial charge in [-0.3, -0.25) is 68.1 Å². The zero-order valence-corrected chi connectivity index (χ0v) is 60.9. The van der Waals surface area contributed by atoms with E-state index in [1.807, 2.05) is 49.4 Å². The number of guanidine groups is 1. The number of nitrogens with two attached hydrogens (primary N) is 1. The van der Waals surface area contributed by atoms with Gasteiger partial charge in [-0.15, -0.1) is 0 Å². The number of rotatable bonds is 39. The van der Waals surface area contributed by atoms with Crippen LogP contribution in [0.4, 0.5) is 0 Å². The molecule has 1 aliphatic heterocycles. The number of carbonyl (C=O) groups excluding carboxylic acids is 11. The van der Waals surface area contributed by atoms with E-state index in [4.69, 9.17) is 22.7 Å². The minimum Gasteiger partial charge on any atom is -0.508 e. The highest BCUT2D eigenvalue weighted by atomic mass is 35.5. The number of phenolic OH excluding ortho intramolecular Hbond substituents is 1. The molecule has 16 N–H and O–H groups in total. The van der Waals surface area contributed by atoms with Crippen LogP contribution in [-0.2, 0) is 84.8 Å². The number of hydrogen-bond donors (Lipinski definition) is 15. The van der Waals surface area contributed by atoms with Gasteiger partial charge in [0.05, 0.1) is 6.61 Å². The lowest BCUT2D eigenvalue weighted by molar-refractivity contribution is -0.142. The maximum atomic E-state index is 15.1. The molecule has 29 nitrogen and oxygen atoms in total. The minimum atomic E-state index is -1.83. The zero-order chi connectivity index (χ0) is 76.8. The molecule has 0 bridgehead atoms. The van der Waals surface area contributed by atoms with Gasteiger partial charge in [0.15, 0.2) is 5.96 Å². The van der Waals surface area contributed by atoms with E-state index in [0.29, 0.717) is 45.8 Å². The molecule has 3 heterocycles. The van der Waals surface area contributed by atoms with Crippen molar-refractivity contribution in [2.24, 2.45) is 11.7 Å². The second-order valence-corrected chi connectivity index (χ2v) is 27.2. The Morgan fingerprint density at radius 1 is 0.547 bits per heavy atom. The van der Waals surface area contributed by atoms with Gasteiger partial charge in [-0.1, -0.05) is 118 Å². The molecule has 1 fully saturated rings. The molecule has 0 saturated carbocycles. The van der Waals surface area contributed by atoms with Gasteiger partial charge in [-0.2, -0.15) is 0 Å². The summed E-state index contributed by atoms with van der Waals surface area (Å²) in [5, 5.41) is 62.0. The predicted molar refractivity (Wildman–Crippen MR) is 398 cm³/mol. The molecular formula is C76H97ClN16O13. The van der Waals surface area contributed by atoms with Gasteiger partial charge in [0.25, 0.3) is 0 Å². The number of nitrogens with zero attached hydrogens (tertiary/aromatic N) is 3. The van der Waals surface area contributed by atoms with Crippen LogP contribution < -0.4 is 64.2 Å². The van der Waals surface area contributed by atoms with Crippen molar-refractivity contribution in [2.45, 2.75) is 172 Å². The largest absolute Gasteiger partial charge is 0.508 e. The highest BCUT2D eigenvalue weighted by Gasteiger charge is 2.40. The second kappa shape index (κ2) is 41.4. The number of halogens is 1. The third-order valence-corrected chi connectivity index (χ3v) is 18.0. The highest BCUT2D eigenvalue weighted by Crippen LogP contribution is 2.22. The smallest absolute Gasteiger partial charge is 0.245 e. The van der Waals surface area contributed by atoms with E-state index in [2.05, 4.69) is 68.5 Å². The first-order chi connectivity index (χ1) is 50.8. The average molecular weight is 1480 g/mol. The number of fused-ring (bicyclic) bond motifs is 1. The summed E-state index contributed by atoms with van der Waals surface area (Å²) < 4.78 is 0. The summed E-state index contributed by atoms with van der Waals surface area (Å²) in [6, 6.07) is 18.1. The Hall–Kier alpha value is -11.1. The molecule has 0 spiro atoms. The molecule has 10 atom stereocenters. The molecule has 106 heavy (non-hydrogen) atoms. The third kappa shape index (κ3) is 26.3. The van der Waals surface area contributed by atoms with Crippen LogP contribution in [-0.4, -0.2) is 183 Å². The van der Waals surface area contributed by atoms with Crippen molar-refractivity contribution in [3.63, 3.8) is 0 Å². The van der Waals surface area contributed by atoms with E-state index in [1.54, 1.807) is 62.4 Å². The Bertz CT molecular complexity index is 3990. The van der Waals surface area contributed by atoms with Crippen LogP contribution in [0.15, 0.2) is 140 Å². The fourth-order valence-corrected chi connectivity index (χ4v) is 12.2. The van der Waals surface area contributed by atoms with Crippen LogP contribution in [0, 0.1) is 11.3 Å². The summed E-state index contributed by atoms with van der Waals surface area (Å²) in [5.74, 6) is -9.13. The lowest BCUT2D eigenvalue weighted by Gasteiger charge is -2.31. The monoisotopic (exact) mass is 1480 g/mol. The SMILES string of the molecule is CCCCNC(=N)NCCC[C@H](NC(=O)[C@H](CC(C)C)NC(=O)[C@@H](Cc1cccnc1)NC(=O)[C@H](Cc1ccc(O)cc1)NC(=O)[C@H](CO)NC(=O)[C@@H](Cc1cccnc1)NC(=O)[C@@H](Cc1ccc(Cl)cc1)NC(=O)[C@@H](Cc1ccc2ccccc2c1)NC(C)=O)C(=O)N1CCC[C@H]1C(=O)N[C@H](C)C(N)=O. The Balaban J connectivity index is 1.13. The van der Waals surface area contributed by atoms with Crippen molar-refractivity contribution in [3.05, 3.63) is 173 Å². The summed E-state index contributed by atoms with van der Waals surface area (Å²) in [7, 11) is 0. The first-order valence-electron chi connectivity index (χ1n) is 35.5. The molecule has 0 unspecified atom stereocenters. The predicted octanol–water partition coefficient (Wildman–Crippen LogP) is 2.11. The minimum absolute atomic E-state index is 0.0166. The van der Waals surface area contributed by atoms with E-state index >= 15 is 9.59 Å². The van der Waals surface area contributed by atoms with Gasteiger partial charge in [-0.05, 0) is 126 Å². The number of benzene rings is 4. The number of aliphatic hydroxyl groups excluding tert-OH is 1. The topological polar surface area (TPSA) is 439 Å². The lowest BCUT2D eigenvalue weighted by Crippen LogP contribution is -2.62. The number of aromatic nitrogens is 2. The summed E-state index contributed by atoms with van der Waals surface area (Å²) in [6.07, 6.45) is 7.74. The second-order valence-electron chi connectivity index (χ2n) is 26.8. The van der Waals surface area contributed by atoms with E-state index in [0.717, 1.165) is 23.6 Å². The van der Waals surface area contributed by atoms with Crippen molar-refractivity contribution >= 4 is 93.3 Å². The average Bonchev–Trinajstić information content (AvgIpc) is 1.49. The van der Waals surface area contributed by atoms with Gasteiger partial charge >= 0.3 is 0 Å². The fraction of sp³-hybridized carbons (Fsp3) is 0.421. The van der Waals surface area contributed by atoms with Crippen molar-refractivity contribution in [1.29, 1.82) is 5.41 Å². The van der Waals surface area contributed by atoms with Crippen molar-refractivity contribution in [1.82, 2.24) is 73.4 Å².